The standard InChI is InChI=1S/C20H25N3O2/c1-15(16-9-11-21-12-10-16)22-20(25)23-13-5-8-18(23)14-19(24)17-6-3-2-4-7-17/h2-4,6-7,9-12,15,18-19,24H,5,8,13-14H2,1H3,(H,22,25)/t15-,18-,19-/m0/s1. The second-order valence-electron chi connectivity index (χ2n) is 6.60. The summed E-state index contributed by atoms with van der Waals surface area (Å²) in [6.07, 6.45) is 5.39. The lowest BCUT2D eigenvalue weighted by molar-refractivity contribution is 0.125. The van der Waals surface area contributed by atoms with Crippen LogP contribution in [0.3, 0.4) is 0 Å². The third-order valence-corrected chi connectivity index (χ3v) is 4.86. The van der Waals surface area contributed by atoms with Gasteiger partial charge in [0.05, 0.1) is 12.1 Å². The average molecular weight is 339 g/mol. The highest BCUT2D eigenvalue weighted by Gasteiger charge is 2.31. The zero-order valence-corrected chi connectivity index (χ0v) is 14.5. The first-order valence-corrected chi connectivity index (χ1v) is 8.85. The number of hydrogen-bond acceptors (Lipinski definition) is 3. The molecule has 0 bridgehead atoms. The fourth-order valence-electron chi connectivity index (χ4n) is 3.42. The summed E-state index contributed by atoms with van der Waals surface area (Å²) in [6, 6.07) is 13.4. The van der Waals surface area contributed by atoms with Crippen LogP contribution in [0.15, 0.2) is 54.9 Å². The van der Waals surface area contributed by atoms with Crippen LogP contribution in [-0.4, -0.2) is 33.6 Å². The van der Waals surface area contributed by atoms with Gasteiger partial charge in [0.1, 0.15) is 0 Å². The van der Waals surface area contributed by atoms with Crippen LogP contribution < -0.4 is 5.32 Å². The third-order valence-electron chi connectivity index (χ3n) is 4.86. The number of carbonyl (C=O) groups excluding carboxylic acids is 1. The quantitative estimate of drug-likeness (QED) is 0.877. The van der Waals surface area contributed by atoms with Crippen molar-refractivity contribution in [2.24, 2.45) is 0 Å². The van der Waals surface area contributed by atoms with Gasteiger partial charge in [-0.2, -0.15) is 0 Å². The molecule has 2 aromatic rings. The number of hydrogen-bond donors (Lipinski definition) is 2. The van der Waals surface area contributed by atoms with Crippen LogP contribution in [0.2, 0.25) is 0 Å². The predicted octanol–water partition coefficient (Wildman–Crippen LogP) is 3.44. The molecule has 2 heterocycles. The van der Waals surface area contributed by atoms with Gasteiger partial charge in [0.25, 0.3) is 0 Å². The average Bonchev–Trinajstić information content (AvgIpc) is 3.11. The van der Waals surface area contributed by atoms with Gasteiger partial charge in [-0.25, -0.2) is 4.79 Å². The molecule has 3 rings (SSSR count). The number of nitrogens with one attached hydrogen (secondary N) is 1. The molecule has 1 aliphatic heterocycles. The van der Waals surface area contributed by atoms with E-state index in [0.717, 1.165) is 30.5 Å². The molecule has 25 heavy (non-hydrogen) atoms. The Bertz CT molecular complexity index is 678. The van der Waals surface area contributed by atoms with Crippen molar-refractivity contribution in [3.8, 4) is 0 Å². The first-order chi connectivity index (χ1) is 12.1. The molecule has 0 aliphatic carbocycles. The van der Waals surface area contributed by atoms with Gasteiger partial charge < -0.3 is 15.3 Å². The number of likely N-dealkylation sites (tertiary alicyclic amines) is 1. The Hall–Kier alpha value is -2.40. The maximum absolute atomic E-state index is 12.7. The number of rotatable bonds is 5. The highest BCUT2D eigenvalue weighted by atomic mass is 16.3. The third kappa shape index (κ3) is 4.37. The van der Waals surface area contributed by atoms with E-state index >= 15 is 0 Å². The summed E-state index contributed by atoms with van der Waals surface area (Å²) in [5.41, 5.74) is 1.93. The van der Waals surface area contributed by atoms with Gasteiger partial charge in [-0.1, -0.05) is 30.3 Å². The minimum Gasteiger partial charge on any atom is -0.388 e. The largest absolute Gasteiger partial charge is 0.388 e. The molecule has 1 saturated heterocycles. The second-order valence-corrected chi connectivity index (χ2v) is 6.60. The first kappa shape index (κ1) is 17.4. The Balaban J connectivity index is 1.60. The van der Waals surface area contributed by atoms with Gasteiger partial charge >= 0.3 is 6.03 Å². The molecule has 3 atom stereocenters. The zero-order chi connectivity index (χ0) is 17.6. The molecule has 0 spiro atoms. The van der Waals surface area contributed by atoms with Crippen molar-refractivity contribution in [2.45, 2.75) is 44.4 Å². The number of pyridine rings is 1. The van der Waals surface area contributed by atoms with Crippen molar-refractivity contribution >= 4 is 6.03 Å². The molecule has 132 valence electrons. The summed E-state index contributed by atoms with van der Waals surface area (Å²) in [4.78, 5) is 18.5. The van der Waals surface area contributed by atoms with E-state index in [2.05, 4.69) is 10.3 Å². The minimum atomic E-state index is -0.544. The van der Waals surface area contributed by atoms with Gasteiger partial charge in [-0.15, -0.1) is 0 Å². The van der Waals surface area contributed by atoms with E-state index in [4.69, 9.17) is 0 Å². The molecule has 2 N–H and O–H groups in total. The van der Waals surface area contributed by atoms with Crippen LogP contribution in [0.5, 0.6) is 0 Å². The Morgan fingerprint density at radius 3 is 2.68 bits per heavy atom. The maximum Gasteiger partial charge on any atom is 0.318 e. The number of carbonyl (C=O) groups is 1. The molecular formula is C20H25N3O2. The van der Waals surface area contributed by atoms with Gasteiger partial charge in [0, 0.05) is 25.0 Å². The molecule has 0 radical (unpaired) electrons. The topological polar surface area (TPSA) is 65.5 Å². The van der Waals surface area contributed by atoms with Gasteiger partial charge in [0.2, 0.25) is 0 Å². The molecular weight excluding hydrogens is 314 g/mol. The first-order valence-electron chi connectivity index (χ1n) is 8.85. The predicted molar refractivity (Wildman–Crippen MR) is 96.9 cm³/mol. The van der Waals surface area contributed by atoms with E-state index in [-0.39, 0.29) is 18.1 Å². The lowest BCUT2D eigenvalue weighted by Gasteiger charge is -2.28. The normalized spacial score (nSPS) is 19.4. The summed E-state index contributed by atoms with van der Waals surface area (Å²) in [7, 11) is 0. The van der Waals surface area contributed by atoms with Crippen LogP contribution >= 0.6 is 0 Å². The summed E-state index contributed by atoms with van der Waals surface area (Å²) >= 11 is 0. The van der Waals surface area contributed by atoms with Crippen molar-refractivity contribution < 1.29 is 9.90 Å². The molecule has 2 amide bonds. The molecule has 1 aliphatic rings. The number of amides is 2. The fraction of sp³-hybridized carbons (Fsp3) is 0.400. The number of aliphatic hydroxyl groups is 1. The number of aliphatic hydroxyl groups excluding tert-OH is 1. The van der Waals surface area contributed by atoms with Gasteiger partial charge in [-0.3, -0.25) is 4.98 Å². The smallest absolute Gasteiger partial charge is 0.318 e. The molecule has 1 aromatic heterocycles. The molecule has 5 nitrogen and oxygen atoms in total. The Labute approximate surface area is 148 Å². The SMILES string of the molecule is C[C@H](NC(=O)N1CCC[C@H]1C[C@H](O)c1ccccc1)c1ccncc1. The Kier molecular flexibility index (Phi) is 5.66. The fourth-order valence-corrected chi connectivity index (χ4v) is 3.42. The van der Waals surface area contributed by atoms with E-state index in [1.54, 1.807) is 12.4 Å². The van der Waals surface area contributed by atoms with Crippen LogP contribution in [0, 0.1) is 0 Å². The molecule has 0 unspecified atom stereocenters. The van der Waals surface area contributed by atoms with E-state index in [9.17, 15) is 9.90 Å². The van der Waals surface area contributed by atoms with E-state index < -0.39 is 6.10 Å². The molecule has 0 saturated carbocycles. The highest BCUT2D eigenvalue weighted by Crippen LogP contribution is 2.27. The van der Waals surface area contributed by atoms with Crippen LogP contribution in [-0.2, 0) is 0 Å². The molecule has 5 heteroatoms. The summed E-state index contributed by atoms with van der Waals surface area (Å²) in [5.74, 6) is 0. The summed E-state index contributed by atoms with van der Waals surface area (Å²) in [6.45, 7) is 2.71. The van der Waals surface area contributed by atoms with Crippen LogP contribution in [0.25, 0.3) is 0 Å². The number of nitrogens with zero attached hydrogens (tertiary/aromatic N) is 2. The monoisotopic (exact) mass is 339 g/mol. The molecule has 1 aromatic carbocycles. The van der Waals surface area contributed by atoms with E-state index in [1.165, 1.54) is 0 Å². The lowest BCUT2D eigenvalue weighted by atomic mass is 10.0. The Morgan fingerprint density at radius 1 is 1.24 bits per heavy atom. The van der Waals surface area contributed by atoms with E-state index in [0.29, 0.717) is 6.42 Å². The lowest BCUT2D eigenvalue weighted by Crippen LogP contribution is -2.44. The highest BCUT2D eigenvalue weighted by molar-refractivity contribution is 5.75. The van der Waals surface area contributed by atoms with E-state index in [1.807, 2.05) is 54.3 Å². The van der Waals surface area contributed by atoms with Crippen LogP contribution in [0.4, 0.5) is 4.79 Å². The van der Waals surface area contributed by atoms with Crippen molar-refractivity contribution in [3.05, 3.63) is 66.0 Å². The Morgan fingerprint density at radius 2 is 1.96 bits per heavy atom. The van der Waals surface area contributed by atoms with Gasteiger partial charge in [0.15, 0.2) is 0 Å². The summed E-state index contributed by atoms with van der Waals surface area (Å²) in [5, 5.41) is 13.5. The summed E-state index contributed by atoms with van der Waals surface area (Å²) < 4.78 is 0. The van der Waals surface area contributed by atoms with Crippen molar-refractivity contribution in [1.29, 1.82) is 0 Å². The second kappa shape index (κ2) is 8.12. The minimum absolute atomic E-state index is 0.0629. The van der Waals surface area contributed by atoms with Crippen LogP contribution in [0.1, 0.15) is 49.5 Å². The van der Waals surface area contributed by atoms with Crippen molar-refractivity contribution in [2.75, 3.05) is 6.54 Å². The van der Waals surface area contributed by atoms with Gasteiger partial charge in [-0.05, 0) is 49.4 Å². The molecule has 1 fully saturated rings. The van der Waals surface area contributed by atoms with Crippen molar-refractivity contribution in [1.82, 2.24) is 15.2 Å². The maximum atomic E-state index is 12.7. The zero-order valence-electron chi connectivity index (χ0n) is 14.5. The van der Waals surface area contributed by atoms with Crippen molar-refractivity contribution in [3.63, 3.8) is 0 Å². The number of benzene rings is 1. The number of urea groups is 1. The number of aromatic nitrogens is 1.